The Labute approximate surface area is 114 Å². The number of allylic oxidation sites excluding steroid dienone is 1. The summed E-state index contributed by atoms with van der Waals surface area (Å²) >= 11 is 0. The molecule has 0 spiro atoms. The van der Waals surface area contributed by atoms with Crippen molar-refractivity contribution < 1.29 is 13.7 Å². The zero-order chi connectivity index (χ0) is 14.3. The smallest absolute Gasteiger partial charge is 0.399 e. The third-order valence-electron chi connectivity index (χ3n) is 3.98. The minimum absolute atomic E-state index is 0.280. The summed E-state index contributed by atoms with van der Waals surface area (Å²) in [5.41, 5.74) is 0.888. The minimum atomic E-state index is -0.532. The van der Waals surface area contributed by atoms with Gasteiger partial charge in [-0.1, -0.05) is 12.1 Å². The predicted octanol–water partition coefficient (Wildman–Crippen LogP) is 2.85. The van der Waals surface area contributed by atoms with Crippen LogP contribution < -0.4 is 5.46 Å². The largest absolute Gasteiger partial charge is 0.495 e. The highest BCUT2D eigenvalue weighted by molar-refractivity contribution is 6.62. The summed E-state index contributed by atoms with van der Waals surface area (Å²) < 4.78 is 25.4. The van der Waals surface area contributed by atoms with Gasteiger partial charge < -0.3 is 9.31 Å². The summed E-state index contributed by atoms with van der Waals surface area (Å²) in [6.07, 6.45) is 2.46. The molecule has 0 amide bonds. The first-order chi connectivity index (χ1) is 8.77. The molecule has 0 aliphatic carbocycles. The molecule has 0 atom stereocenters. The van der Waals surface area contributed by atoms with E-state index in [1.807, 2.05) is 27.7 Å². The number of benzene rings is 1. The van der Waals surface area contributed by atoms with Gasteiger partial charge in [-0.3, -0.25) is 0 Å². The van der Waals surface area contributed by atoms with Crippen molar-refractivity contribution in [3.63, 3.8) is 0 Å². The van der Waals surface area contributed by atoms with Crippen molar-refractivity contribution in [2.45, 2.75) is 45.3 Å². The molecular formula is C15H20BFO2. The Morgan fingerprint density at radius 3 is 2.32 bits per heavy atom. The highest BCUT2D eigenvalue weighted by atomic mass is 19.1. The lowest BCUT2D eigenvalue weighted by molar-refractivity contribution is 0.00578. The van der Waals surface area contributed by atoms with Crippen LogP contribution in [0.25, 0.3) is 0 Å². The van der Waals surface area contributed by atoms with E-state index in [1.54, 1.807) is 12.1 Å². The van der Waals surface area contributed by atoms with E-state index in [-0.39, 0.29) is 5.82 Å². The van der Waals surface area contributed by atoms with Crippen molar-refractivity contribution in [3.8, 4) is 0 Å². The number of rotatable bonds is 3. The Morgan fingerprint density at radius 1 is 1.21 bits per heavy atom. The van der Waals surface area contributed by atoms with E-state index in [2.05, 4.69) is 6.58 Å². The quantitative estimate of drug-likeness (QED) is 0.616. The lowest BCUT2D eigenvalue weighted by Crippen LogP contribution is -2.41. The van der Waals surface area contributed by atoms with Crippen LogP contribution in [0.1, 0.15) is 33.3 Å². The van der Waals surface area contributed by atoms with Crippen LogP contribution in [-0.2, 0) is 15.7 Å². The van der Waals surface area contributed by atoms with Crippen molar-refractivity contribution in [1.82, 2.24) is 0 Å². The van der Waals surface area contributed by atoms with E-state index in [4.69, 9.17) is 9.31 Å². The number of halogens is 1. The predicted molar refractivity (Wildman–Crippen MR) is 76.0 cm³/mol. The molecule has 1 heterocycles. The van der Waals surface area contributed by atoms with Crippen molar-refractivity contribution in [3.05, 3.63) is 42.2 Å². The molecule has 0 saturated carbocycles. The fraction of sp³-hybridized carbons (Fsp3) is 0.467. The molecule has 2 nitrogen and oxygen atoms in total. The summed E-state index contributed by atoms with van der Waals surface area (Å²) in [7, 11) is -0.532. The molecule has 1 saturated heterocycles. The van der Waals surface area contributed by atoms with Gasteiger partial charge in [0.25, 0.3) is 0 Å². The SMILES string of the molecule is C=CCc1ccc(F)cc1B1OC(C)(C)C(C)(C)O1. The molecular weight excluding hydrogens is 242 g/mol. The highest BCUT2D eigenvalue weighted by Gasteiger charge is 2.52. The minimum Gasteiger partial charge on any atom is -0.399 e. The second-order valence-electron chi connectivity index (χ2n) is 5.92. The molecule has 2 rings (SSSR count). The first kappa shape index (κ1) is 14.3. The number of hydrogen-bond donors (Lipinski definition) is 0. The highest BCUT2D eigenvalue weighted by Crippen LogP contribution is 2.36. The van der Waals surface area contributed by atoms with Gasteiger partial charge in [0.2, 0.25) is 0 Å². The van der Waals surface area contributed by atoms with Crippen molar-refractivity contribution in [2.24, 2.45) is 0 Å². The molecule has 19 heavy (non-hydrogen) atoms. The summed E-state index contributed by atoms with van der Waals surface area (Å²) in [4.78, 5) is 0. The monoisotopic (exact) mass is 262 g/mol. The molecule has 0 aromatic heterocycles. The van der Waals surface area contributed by atoms with Crippen LogP contribution in [0.3, 0.4) is 0 Å². The first-order valence-corrected chi connectivity index (χ1v) is 6.52. The first-order valence-electron chi connectivity index (χ1n) is 6.52. The van der Waals surface area contributed by atoms with E-state index in [9.17, 15) is 4.39 Å². The van der Waals surface area contributed by atoms with Gasteiger partial charge in [-0.05, 0) is 57.3 Å². The maximum atomic E-state index is 13.5. The van der Waals surface area contributed by atoms with Gasteiger partial charge in [-0.15, -0.1) is 6.58 Å². The topological polar surface area (TPSA) is 18.5 Å². The third-order valence-corrected chi connectivity index (χ3v) is 3.98. The fourth-order valence-electron chi connectivity index (χ4n) is 2.10. The van der Waals surface area contributed by atoms with E-state index in [1.165, 1.54) is 12.1 Å². The van der Waals surface area contributed by atoms with Gasteiger partial charge in [0.1, 0.15) is 5.82 Å². The van der Waals surface area contributed by atoms with Gasteiger partial charge >= 0.3 is 7.12 Å². The Morgan fingerprint density at radius 2 is 1.79 bits per heavy atom. The molecule has 102 valence electrons. The van der Waals surface area contributed by atoms with Gasteiger partial charge in [0.05, 0.1) is 11.2 Å². The molecule has 1 aliphatic rings. The zero-order valence-electron chi connectivity index (χ0n) is 12.0. The van der Waals surface area contributed by atoms with Gasteiger partial charge in [-0.25, -0.2) is 4.39 Å². The van der Waals surface area contributed by atoms with Gasteiger partial charge in [-0.2, -0.15) is 0 Å². The van der Waals surface area contributed by atoms with E-state index in [0.717, 1.165) is 11.0 Å². The normalized spacial score (nSPS) is 20.6. The van der Waals surface area contributed by atoms with Gasteiger partial charge in [0.15, 0.2) is 0 Å². The lowest BCUT2D eigenvalue weighted by Gasteiger charge is -2.32. The summed E-state index contributed by atoms with van der Waals surface area (Å²) in [5, 5.41) is 0. The van der Waals surface area contributed by atoms with E-state index in [0.29, 0.717) is 6.42 Å². The maximum Gasteiger partial charge on any atom is 0.495 e. The van der Waals surface area contributed by atoms with Gasteiger partial charge in [0, 0.05) is 0 Å². The zero-order valence-corrected chi connectivity index (χ0v) is 12.0. The number of hydrogen-bond acceptors (Lipinski definition) is 2. The van der Waals surface area contributed by atoms with Crippen LogP contribution in [0.4, 0.5) is 4.39 Å². The molecule has 1 aliphatic heterocycles. The molecule has 0 radical (unpaired) electrons. The average Bonchev–Trinajstić information content (AvgIpc) is 2.51. The Kier molecular flexibility index (Phi) is 3.58. The van der Waals surface area contributed by atoms with E-state index >= 15 is 0 Å². The molecule has 4 heteroatoms. The standard InChI is InChI=1S/C15H20BFO2/c1-6-7-11-8-9-12(17)10-13(11)16-18-14(2,3)15(4,5)19-16/h6,8-10H,1,7H2,2-5H3. The van der Waals surface area contributed by atoms with E-state index < -0.39 is 18.3 Å². The van der Waals surface area contributed by atoms with Crippen LogP contribution in [0.15, 0.2) is 30.9 Å². The second-order valence-corrected chi connectivity index (χ2v) is 5.92. The van der Waals surface area contributed by atoms with Crippen LogP contribution in [-0.4, -0.2) is 18.3 Å². The maximum absolute atomic E-state index is 13.5. The summed E-state index contributed by atoms with van der Waals surface area (Å²) in [6, 6.07) is 4.70. The Hall–Kier alpha value is -1.13. The van der Waals surface area contributed by atoms with Crippen molar-refractivity contribution in [2.75, 3.05) is 0 Å². The molecule has 1 fully saturated rings. The molecule has 0 bridgehead atoms. The van der Waals surface area contributed by atoms with Crippen LogP contribution in [0.5, 0.6) is 0 Å². The molecule has 0 unspecified atom stereocenters. The summed E-state index contributed by atoms with van der Waals surface area (Å²) in [6.45, 7) is 11.7. The third kappa shape index (κ3) is 2.60. The lowest BCUT2D eigenvalue weighted by atomic mass is 9.75. The second kappa shape index (κ2) is 4.76. The molecule has 1 aromatic rings. The van der Waals surface area contributed by atoms with Crippen molar-refractivity contribution >= 4 is 12.6 Å². The average molecular weight is 262 g/mol. The fourth-order valence-corrected chi connectivity index (χ4v) is 2.10. The summed E-state index contributed by atoms with van der Waals surface area (Å²) in [5.74, 6) is -0.280. The molecule has 1 aromatic carbocycles. The van der Waals surface area contributed by atoms with Crippen LogP contribution in [0, 0.1) is 5.82 Å². The van der Waals surface area contributed by atoms with Crippen molar-refractivity contribution in [1.29, 1.82) is 0 Å². The van der Waals surface area contributed by atoms with Crippen LogP contribution >= 0.6 is 0 Å². The van der Waals surface area contributed by atoms with Crippen LogP contribution in [0.2, 0.25) is 0 Å². The Balaban J connectivity index is 2.38. The Bertz CT molecular complexity index is 481. The molecule has 0 N–H and O–H groups in total.